The Balaban J connectivity index is 1.82. The quantitative estimate of drug-likeness (QED) is 0.271. The number of aryl methyl sites for hydroxylation is 2. The van der Waals surface area contributed by atoms with E-state index in [0.29, 0.717) is 26.6 Å². The molecule has 0 saturated carbocycles. The summed E-state index contributed by atoms with van der Waals surface area (Å²) < 4.78 is 27.7. The maximum atomic E-state index is 12.9. The lowest BCUT2D eigenvalue weighted by atomic mass is 10.2. The predicted molar refractivity (Wildman–Crippen MR) is 135 cm³/mol. The summed E-state index contributed by atoms with van der Waals surface area (Å²) in [5, 5.41) is 3.74. The van der Waals surface area contributed by atoms with Crippen LogP contribution in [0.1, 0.15) is 17.4 Å². The molecule has 0 unspecified atom stereocenters. The number of allylic oxidation sites excluding steroid dienone is 1. The molecule has 2 aromatic heterocycles. The van der Waals surface area contributed by atoms with Gasteiger partial charge in [0.2, 0.25) is 15.9 Å². The Morgan fingerprint density at radius 3 is 2.70 bits per heavy atom. The maximum Gasteiger partial charge on any atom is 0.263 e. The second kappa shape index (κ2) is 10.2. The molecule has 0 fully saturated rings. The molecule has 1 aromatic carbocycles. The average Bonchev–Trinajstić information content (AvgIpc) is 3.19. The molecule has 0 bridgehead atoms. The lowest BCUT2D eigenvalue weighted by molar-refractivity contribution is -0.113. The van der Waals surface area contributed by atoms with Crippen LogP contribution in [0.5, 0.6) is 0 Å². The highest BCUT2D eigenvalue weighted by Crippen LogP contribution is 2.26. The van der Waals surface area contributed by atoms with E-state index in [2.05, 4.69) is 16.9 Å². The van der Waals surface area contributed by atoms with Crippen molar-refractivity contribution in [3.8, 4) is 0 Å². The Hall–Kier alpha value is -2.47. The number of thiophene rings is 1. The number of nitrogens with zero attached hydrogens (tertiary/aromatic N) is 3. The number of nitrogens with one attached hydrogen (secondary N) is 1. The number of rotatable bonds is 9. The third kappa shape index (κ3) is 5.37. The monoisotopic (exact) mass is 506 g/mol. The first kappa shape index (κ1) is 25.2. The minimum atomic E-state index is -3.64. The van der Waals surface area contributed by atoms with Gasteiger partial charge in [-0.25, -0.2) is 17.7 Å². The zero-order chi connectivity index (χ0) is 24.3. The van der Waals surface area contributed by atoms with E-state index in [0.717, 1.165) is 27.4 Å². The lowest BCUT2D eigenvalue weighted by Crippen LogP contribution is -2.24. The summed E-state index contributed by atoms with van der Waals surface area (Å²) in [6.07, 6.45) is 2.43. The molecule has 0 aliphatic carbocycles. The largest absolute Gasteiger partial charge is 0.325 e. The Morgan fingerprint density at radius 2 is 2.06 bits per heavy atom. The van der Waals surface area contributed by atoms with E-state index >= 15 is 0 Å². The zero-order valence-electron chi connectivity index (χ0n) is 18.9. The second-order valence-electron chi connectivity index (χ2n) is 7.49. The number of anilines is 1. The Bertz CT molecular complexity index is 1370. The first-order valence-corrected chi connectivity index (χ1v) is 13.4. The highest BCUT2D eigenvalue weighted by molar-refractivity contribution is 7.99. The SMILES string of the molecule is C=CCn1c(SCC(=O)Nc2ccc(C)c(S(=O)(=O)N(C)C)c2)nc2sc(CC)cc2c1=O. The molecule has 0 spiro atoms. The van der Waals surface area contributed by atoms with Crippen LogP contribution in [0.3, 0.4) is 0 Å². The number of hydrogen-bond donors (Lipinski definition) is 1. The molecule has 1 amide bonds. The predicted octanol–water partition coefficient (Wildman–Crippen LogP) is 3.50. The summed E-state index contributed by atoms with van der Waals surface area (Å²) in [7, 11) is -0.721. The summed E-state index contributed by atoms with van der Waals surface area (Å²) in [4.78, 5) is 32.0. The molecule has 0 aliphatic heterocycles. The molecular weight excluding hydrogens is 480 g/mol. The van der Waals surface area contributed by atoms with Gasteiger partial charge in [0, 0.05) is 31.2 Å². The van der Waals surface area contributed by atoms with Crippen LogP contribution in [-0.2, 0) is 27.8 Å². The van der Waals surface area contributed by atoms with Crippen LogP contribution < -0.4 is 10.9 Å². The Morgan fingerprint density at radius 1 is 1.33 bits per heavy atom. The number of benzene rings is 1. The number of carbonyl (C=O) groups excluding carboxylic acids is 1. The summed E-state index contributed by atoms with van der Waals surface area (Å²) in [6.45, 7) is 7.72. The summed E-state index contributed by atoms with van der Waals surface area (Å²) in [5.74, 6) is -0.331. The van der Waals surface area contributed by atoms with Crippen LogP contribution >= 0.6 is 23.1 Å². The van der Waals surface area contributed by atoms with Gasteiger partial charge in [-0.1, -0.05) is 30.8 Å². The van der Waals surface area contributed by atoms with Crippen molar-refractivity contribution in [2.24, 2.45) is 0 Å². The molecule has 176 valence electrons. The molecule has 3 rings (SSSR count). The van der Waals surface area contributed by atoms with Gasteiger partial charge in [0.05, 0.1) is 16.0 Å². The van der Waals surface area contributed by atoms with Crippen LogP contribution in [-0.4, -0.2) is 48.0 Å². The zero-order valence-corrected chi connectivity index (χ0v) is 21.4. The van der Waals surface area contributed by atoms with Gasteiger partial charge in [0.25, 0.3) is 5.56 Å². The first-order chi connectivity index (χ1) is 15.6. The topological polar surface area (TPSA) is 101 Å². The minimum absolute atomic E-state index is 0.00470. The van der Waals surface area contributed by atoms with Crippen molar-refractivity contribution in [1.82, 2.24) is 13.9 Å². The normalized spacial score (nSPS) is 11.8. The number of amides is 1. The van der Waals surface area contributed by atoms with Crippen molar-refractivity contribution in [2.75, 3.05) is 25.2 Å². The Kier molecular flexibility index (Phi) is 7.78. The fraction of sp³-hybridized carbons (Fsp3) is 0.318. The maximum absolute atomic E-state index is 12.9. The molecule has 11 heteroatoms. The van der Waals surface area contributed by atoms with Crippen LogP contribution in [0.4, 0.5) is 5.69 Å². The van der Waals surface area contributed by atoms with Gasteiger partial charge in [0.15, 0.2) is 5.16 Å². The van der Waals surface area contributed by atoms with Gasteiger partial charge in [-0.05, 0) is 37.1 Å². The van der Waals surface area contributed by atoms with E-state index < -0.39 is 10.0 Å². The third-order valence-electron chi connectivity index (χ3n) is 4.89. The van der Waals surface area contributed by atoms with Crippen molar-refractivity contribution in [1.29, 1.82) is 0 Å². The summed E-state index contributed by atoms with van der Waals surface area (Å²) >= 11 is 2.62. The molecule has 0 radical (unpaired) electrons. The van der Waals surface area contributed by atoms with E-state index in [4.69, 9.17) is 0 Å². The van der Waals surface area contributed by atoms with Gasteiger partial charge < -0.3 is 5.32 Å². The number of thioether (sulfide) groups is 1. The number of carbonyl (C=O) groups is 1. The van der Waals surface area contributed by atoms with E-state index in [-0.39, 0.29) is 28.7 Å². The van der Waals surface area contributed by atoms with Crippen molar-refractivity contribution in [2.45, 2.75) is 36.9 Å². The average molecular weight is 507 g/mol. The summed E-state index contributed by atoms with van der Waals surface area (Å²) in [6, 6.07) is 6.62. The van der Waals surface area contributed by atoms with Gasteiger partial charge in [-0.3, -0.25) is 14.2 Å². The fourth-order valence-corrected chi connectivity index (χ4v) is 6.06. The molecule has 0 aliphatic rings. The standard InChI is InChI=1S/C22H26N4O4S3/c1-6-10-26-21(28)17-12-16(7-2)32-20(17)24-22(26)31-13-19(27)23-15-9-8-14(3)18(11-15)33(29,30)25(4)5/h6,8-9,11-12H,1,7,10,13H2,2-5H3,(H,23,27). The van der Waals surface area contributed by atoms with E-state index in [1.54, 1.807) is 25.1 Å². The van der Waals surface area contributed by atoms with Gasteiger partial charge >= 0.3 is 0 Å². The van der Waals surface area contributed by atoms with Crippen LogP contribution in [0.15, 0.2) is 51.8 Å². The van der Waals surface area contributed by atoms with Crippen LogP contribution in [0.25, 0.3) is 10.2 Å². The molecule has 8 nitrogen and oxygen atoms in total. The lowest BCUT2D eigenvalue weighted by Gasteiger charge is -2.15. The van der Waals surface area contributed by atoms with Gasteiger partial charge in [-0.15, -0.1) is 17.9 Å². The number of sulfonamides is 1. The van der Waals surface area contributed by atoms with E-state index in [1.807, 2.05) is 13.0 Å². The van der Waals surface area contributed by atoms with Crippen LogP contribution in [0, 0.1) is 6.92 Å². The molecular formula is C22H26N4O4S3. The van der Waals surface area contributed by atoms with Crippen molar-refractivity contribution in [3.63, 3.8) is 0 Å². The first-order valence-electron chi connectivity index (χ1n) is 10.2. The third-order valence-corrected chi connectivity index (χ3v) is 9.00. The fourth-order valence-electron chi connectivity index (χ4n) is 3.10. The molecule has 0 saturated heterocycles. The summed E-state index contributed by atoms with van der Waals surface area (Å²) in [5.41, 5.74) is 0.810. The minimum Gasteiger partial charge on any atom is -0.325 e. The smallest absolute Gasteiger partial charge is 0.263 e. The highest BCUT2D eigenvalue weighted by Gasteiger charge is 2.21. The Labute approximate surface area is 201 Å². The molecule has 1 N–H and O–H groups in total. The molecule has 3 aromatic rings. The second-order valence-corrected chi connectivity index (χ2v) is 11.7. The number of fused-ring (bicyclic) bond motifs is 1. The molecule has 0 atom stereocenters. The number of hydrogen-bond acceptors (Lipinski definition) is 7. The molecule has 33 heavy (non-hydrogen) atoms. The molecule has 2 heterocycles. The van der Waals surface area contributed by atoms with Crippen molar-refractivity contribution >= 4 is 54.9 Å². The van der Waals surface area contributed by atoms with Crippen molar-refractivity contribution < 1.29 is 13.2 Å². The van der Waals surface area contributed by atoms with E-state index in [9.17, 15) is 18.0 Å². The van der Waals surface area contributed by atoms with Crippen molar-refractivity contribution in [3.05, 3.63) is 57.7 Å². The van der Waals surface area contributed by atoms with E-state index in [1.165, 1.54) is 36.1 Å². The number of aromatic nitrogens is 2. The van der Waals surface area contributed by atoms with Gasteiger partial charge in [0.1, 0.15) is 4.83 Å². The van der Waals surface area contributed by atoms with Crippen LogP contribution in [0.2, 0.25) is 0 Å². The van der Waals surface area contributed by atoms with Gasteiger partial charge in [-0.2, -0.15) is 0 Å². The highest BCUT2D eigenvalue weighted by atomic mass is 32.2.